The average molecular weight is 418 g/mol. The number of aryl methyl sites for hydroxylation is 1. The lowest BCUT2D eigenvalue weighted by Gasteiger charge is -2.33. The van der Waals surface area contributed by atoms with E-state index in [-0.39, 0.29) is 23.0 Å². The molecule has 1 aliphatic rings. The Hall–Kier alpha value is -2.82. The van der Waals surface area contributed by atoms with Gasteiger partial charge in [-0.1, -0.05) is 23.8 Å². The van der Waals surface area contributed by atoms with E-state index in [9.17, 15) is 23.3 Å². The number of nitro benzene ring substituents is 1. The van der Waals surface area contributed by atoms with Crippen molar-refractivity contribution in [2.45, 2.75) is 11.8 Å². The van der Waals surface area contributed by atoms with E-state index in [2.05, 4.69) is 5.32 Å². The zero-order chi connectivity index (χ0) is 21.0. The summed E-state index contributed by atoms with van der Waals surface area (Å²) < 4.78 is 26.9. The normalized spacial score (nSPS) is 15.8. The second kappa shape index (κ2) is 8.68. The van der Waals surface area contributed by atoms with Gasteiger partial charge >= 0.3 is 0 Å². The molecule has 2 aromatic rings. The van der Waals surface area contributed by atoms with Gasteiger partial charge in [0, 0.05) is 44.0 Å². The molecule has 1 saturated heterocycles. The summed E-state index contributed by atoms with van der Waals surface area (Å²) in [7, 11) is -3.55. The van der Waals surface area contributed by atoms with Crippen LogP contribution in [0.3, 0.4) is 0 Å². The van der Waals surface area contributed by atoms with Crippen molar-refractivity contribution >= 4 is 27.3 Å². The largest absolute Gasteiger partial charge is 0.325 e. The van der Waals surface area contributed by atoms with Gasteiger partial charge in [0.05, 0.1) is 16.4 Å². The SMILES string of the molecule is Cc1ccc(S(=O)(=O)N2CCN(CC(=O)Nc3cccc([N+](=O)[O-])c3)CC2)cc1. The number of amides is 1. The maximum absolute atomic E-state index is 12.7. The van der Waals surface area contributed by atoms with Crippen LogP contribution >= 0.6 is 0 Å². The Bertz CT molecular complexity index is 1000. The van der Waals surface area contributed by atoms with E-state index in [1.807, 2.05) is 11.8 Å². The highest BCUT2D eigenvalue weighted by Crippen LogP contribution is 2.19. The van der Waals surface area contributed by atoms with Crippen molar-refractivity contribution in [2.24, 2.45) is 0 Å². The van der Waals surface area contributed by atoms with E-state index < -0.39 is 14.9 Å². The number of hydrogen-bond acceptors (Lipinski definition) is 6. The van der Waals surface area contributed by atoms with Gasteiger partial charge in [-0.3, -0.25) is 19.8 Å². The third-order valence-corrected chi connectivity index (χ3v) is 6.61. The molecule has 1 aliphatic heterocycles. The number of anilines is 1. The van der Waals surface area contributed by atoms with Crippen molar-refractivity contribution in [2.75, 3.05) is 38.0 Å². The number of hydrogen-bond donors (Lipinski definition) is 1. The number of rotatable bonds is 6. The molecule has 29 heavy (non-hydrogen) atoms. The molecule has 0 saturated carbocycles. The molecule has 9 nitrogen and oxygen atoms in total. The Labute approximate surface area is 169 Å². The Morgan fingerprint density at radius 3 is 2.38 bits per heavy atom. The monoisotopic (exact) mass is 418 g/mol. The van der Waals surface area contributed by atoms with Crippen LogP contribution in [0, 0.1) is 17.0 Å². The standard InChI is InChI=1S/C19H22N4O5S/c1-15-5-7-18(8-6-15)29(27,28)22-11-9-21(10-12-22)14-19(24)20-16-3-2-4-17(13-16)23(25)26/h2-8,13H,9-12,14H2,1H3,(H,20,24). The minimum absolute atomic E-state index is 0.0844. The van der Waals surface area contributed by atoms with E-state index in [1.54, 1.807) is 30.3 Å². The van der Waals surface area contributed by atoms with Crippen LogP contribution in [0.25, 0.3) is 0 Å². The fourth-order valence-corrected chi connectivity index (χ4v) is 4.51. The topological polar surface area (TPSA) is 113 Å². The molecule has 0 aromatic heterocycles. The summed E-state index contributed by atoms with van der Waals surface area (Å²) in [4.78, 5) is 24.7. The number of benzene rings is 2. The van der Waals surface area contributed by atoms with Crippen LogP contribution in [-0.4, -0.2) is 61.2 Å². The summed E-state index contributed by atoms with van der Waals surface area (Å²) in [6.07, 6.45) is 0. The number of nitrogens with zero attached hydrogens (tertiary/aromatic N) is 3. The Kier molecular flexibility index (Phi) is 6.26. The molecule has 154 valence electrons. The number of piperazine rings is 1. The predicted molar refractivity (Wildman–Crippen MR) is 108 cm³/mol. The molecule has 3 rings (SSSR count). The van der Waals surface area contributed by atoms with Crippen molar-refractivity contribution in [3.8, 4) is 0 Å². The summed E-state index contributed by atoms with van der Waals surface area (Å²) in [6.45, 7) is 3.41. The van der Waals surface area contributed by atoms with Crippen LogP contribution in [0.2, 0.25) is 0 Å². The van der Waals surface area contributed by atoms with E-state index in [1.165, 1.54) is 22.5 Å². The second-order valence-corrected chi connectivity index (χ2v) is 8.79. The zero-order valence-corrected chi connectivity index (χ0v) is 16.8. The average Bonchev–Trinajstić information content (AvgIpc) is 2.69. The summed E-state index contributed by atoms with van der Waals surface area (Å²) in [5, 5.41) is 13.5. The van der Waals surface area contributed by atoms with E-state index in [4.69, 9.17) is 0 Å². The first-order valence-corrected chi connectivity index (χ1v) is 10.5. The maximum atomic E-state index is 12.7. The predicted octanol–water partition coefficient (Wildman–Crippen LogP) is 1.85. The van der Waals surface area contributed by atoms with Crippen LogP contribution < -0.4 is 5.32 Å². The molecule has 1 heterocycles. The van der Waals surface area contributed by atoms with Crippen molar-refractivity contribution in [3.05, 3.63) is 64.2 Å². The molecule has 0 unspecified atom stereocenters. The minimum atomic E-state index is -3.55. The van der Waals surface area contributed by atoms with E-state index in [0.717, 1.165) is 5.56 Å². The lowest BCUT2D eigenvalue weighted by molar-refractivity contribution is -0.384. The van der Waals surface area contributed by atoms with Crippen LogP contribution in [0.1, 0.15) is 5.56 Å². The Balaban J connectivity index is 1.54. The van der Waals surface area contributed by atoms with Gasteiger partial charge in [-0.2, -0.15) is 4.31 Å². The first-order valence-electron chi connectivity index (χ1n) is 9.09. The molecule has 1 fully saturated rings. The van der Waals surface area contributed by atoms with Gasteiger partial charge < -0.3 is 5.32 Å². The molecule has 0 aliphatic carbocycles. The van der Waals surface area contributed by atoms with Crippen molar-refractivity contribution < 1.29 is 18.1 Å². The fourth-order valence-electron chi connectivity index (χ4n) is 3.09. The number of nitro groups is 1. The van der Waals surface area contributed by atoms with Crippen LogP contribution in [-0.2, 0) is 14.8 Å². The van der Waals surface area contributed by atoms with Gasteiger partial charge in [-0.25, -0.2) is 8.42 Å². The van der Waals surface area contributed by atoms with Crippen molar-refractivity contribution in [3.63, 3.8) is 0 Å². The molecular weight excluding hydrogens is 396 g/mol. The molecule has 0 radical (unpaired) electrons. The first-order chi connectivity index (χ1) is 13.8. The molecule has 0 bridgehead atoms. The highest BCUT2D eigenvalue weighted by atomic mass is 32.2. The van der Waals surface area contributed by atoms with Gasteiger partial charge in [-0.05, 0) is 25.1 Å². The van der Waals surface area contributed by atoms with Gasteiger partial charge in [-0.15, -0.1) is 0 Å². The highest BCUT2D eigenvalue weighted by Gasteiger charge is 2.29. The molecular formula is C19H22N4O5S. The first kappa shape index (κ1) is 20.9. The number of sulfonamides is 1. The molecule has 10 heteroatoms. The van der Waals surface area contributed by atoms with E-state index in [0.29, 0.717) is 31.9 Å². The number of non-ortho nitro benzene ring substituents is 1. The third kappa shape index (κ3) is 5.17. The minimum Gasteiger partial charge on any atom is -0.325 e. The molecule has 1 amide bonds. The maximum Gasteiger partial charge on any atom is 0.271 e. The van der Waals surface area contributed by atoms with Gasteiger partial charge in [0.1, 0.15) is 0 Å². The lowest BCUT2D eigenvalue weighted by Crippen LogP contribution is -2.50. The van der Waals surface area contributed by atoms with Gasteiger partial charge in [0.15, 0.2) is 0 Å². The van der Waals surface area contributed by atoms with Crippen LogP contribution in [0.4, 0.5) is 11.4 Å². The molecule has 1 N–H and O–H groups in total. The zero-order valence-electron chi connectivity index (χ0n) is 15.9. The third-order valence-electron chi connectivity index (χ3n) is 4.70. The Morgan fingerprint density at radius 2 is 1.76 bits per heavy atom. The molecule has 2 aromatic carbocycles. The molecule has 0 spiro atoms. The Morgan fingerprint density at radius 1 is 1.10 bits per heavy atom. The van der Waals surface area contributed by atoms with Gasteiger partial charge in [0.25, 0.3) is 5.69 Å². The van der Waals surface area contributed by atoms with Gasteiger partial charge in [0.2, 0.25) is 15.9 Å². The van der Waals surface area contributed by atoms with E-state index >= 15 is 0 Å². The van der Waals surface area contributed by atoms with Crippen LogP contribution in [0.15, 0.2) is 53.4 Å². The lowest BCUT2D eigenvalue weighted by atomic mass is 10.2. The number of carbonyl (C=O) groups is 1. The van der Waals surface area contributed by atoms with Crippen molar-refractivity contribution in [1.29, 1.82) is 0 Å². The smallest absolute Gasteiger partial charge is 0.271 e. The summed E-state index contributed by atoms with van der Waals surface area (Å²) in [6, 6.07) is 12.5. The fraction of sp³-hybridized carbons (Fsp3) is 0.316. The quantitative estimate of drug-likeness (QED) is 0.566. The highest BCUT2D eigenvalue weighted by molar-refractivity contribution is 7.89. The summed E-state index contributed by atoms with van der Waals surface area (Å²) in [5.74, 6) is -0.305. The van der Waals surface area contributed by atoms with Crippen LogP contribution in [0.5, 0.6) is 0 Å². The summed E-state index contributed by atoms with van der Waals surface area (Å²) >= 11 is 0. The number of nitrogens with one attached hydrogen (secondary N) is 1. The molecule has 0 atom stereocenters. The van der Waals surface area contributed by atoms with Crippen molar-refractivity contribution in [1.82, 2.24) is 9.21 Å². The second-order valence-electron chi connectivity index (χ2n) is 6.85. The summed E-state index contributed by atoms with van der Waals surface area (Å²) in [5.41, 5.74) is 1.24. The number of carbonyl (C=O) groups excluding carboxylic acids is 1.